The molecule has 162 valence electrons. The summed E-state index contributed by atoms with van der Waals surface area (Å²) in [5.74, 6) is 0.00344. The minimum atomic E-state index is -3.89. The van der Waals surface area contributed by atoms with Crippen molar-refractivity contribution in [3.05, 3.63) is 108 Å². The number of carbonyl (C=O) groups is 1. The van der Waals surface area contributed by atoms with Crippen LogP contribution in [0.5, 0.6) is 0 Å². The first-order chi connectivity index (χ1) is 15.5. The number of hydrogen-bond acceptors (Lipinski definition) is 4. The number of rotatable bonds is 8. The standard InChI is InChI=1S/C25H22N2O4S/c28-25(26-23-13-12-21-9-4-5-10-22(21)17-23)19-27(18-24-11-6-15-31-24)32(29,30)16-14-20-7-2-1-3-8-20/h1-17H,18-19H2,(H,26,28)/b16-14+. The summed E-state index contributed by atoms with van der Waals surface area (Å²) in [5.41, 5.74) is 1.35. The molecule has 7 heteroatoms. The van der Waals surface area contributed by atoms with Crippen LogP contribution in [0.25, 0.3) is 16.8 Å². The van der Waals surface area contributed by atoms with Gasteiger partial charge in [0.05, 0.1) is 19.4 Å². The van der Waals surface area contributed by atoms with Gasteiger partial charge in [0, 0.05) is 11.1 Å². The van der Waals surface area contributed by atoms with Gasteiger partial charge in [-0.1, -0.05) is 60.7 Å². The molecule has 1 aromatic heterocycles. The highest BCUT2D eigenvalue weighted by Crippen LogP contribution is 2.19. The Balaban J connectivity index is 1.52. The second-order valence-corrected chi connectivity index (χ2v) is 9.03. The Bertz CT molecular complexity index is 1330. The van der Waals surface area contributed by atoms with Gasteiger partial charge >= 0.3 is 0 Å². The Morgan fingerprint density at radius 2 is 1.66 bits per heavy atom. The molecule has 0 aliphatic rings. The molecular weight excluding hydrogens is 424 g/mol. The molecule has 0 fully saturated rings. The maximum Gasteiger partial charge on any atom is 0.239 e. The number of sulfonamides is 1. The van der Waals surface area contributed by atoms with Gasteiger partial charge in [0.2, 0.25) is 15.9 Å². The highest BCUT2D eigenvalue weighted by Gasteiger charge is 2.24. The van der Waals surface area contributed by atoms with E-state index in [0.717, 1.165) is 26.0 Å². The van der Waals surface area contributed by atoms with Gasteiger partial charge < -0.3 is 9.73 Å². The summed E-state index contributed by atoms with van der Waals surface area (Å²) in [7, 11) is -3.89. The second kappa shape index (κ2) is 9.64. The molecule has 0 saturated carbocycles. The van der Waals surface area contributed by atoms with E-state index in [1.165, 1.54) is 12.3 Å². The van der Waals surface area contributed by atoms with Gasteiger partial charge in [-0.05, 0) is 46.7 Å². The summed E-state index contributed by atoms with van der Waals surface area (Å²) in [6, 6.07) is 25.8. The molecule has 4 aromatic rings. The molecule has 32 heavy (non-hydrogen) atoms. The molecule has 4 rings (SSSR count). The zero-order valence-corrected chi connectivity index (χ0v) is 18.0. The van der Waals surface area contributed by atoms with Crippen molar-refractivity contribution >= 4 is 38.5 Å². The van der Waals surface area contributed by atoms with E-state index in [0.29, 0.717) is 11.4 Å². The number of furan rings is 1. The van der Waals surface area contributed by atoms with Gasteiger partial charge in [-0.25, -0.2) is 8.42 Å². The van der Waals surface area contributed by atoms with E-state index >= 15 is 0 Å². The first-order valence-electron chi connectivity index (χ1n) is 10.0. The normalized spacial score (nSPS) is 11.9. The molecule has 0 unspecified atom stereocenters. The summed E-state index contributed by atoms with van der Waals surface area (Å²) in [6.45, 7) is -0.408. The molecular formula is C25H22N2O4S. The molecule has 1 heterocycles. The van der Waals surface area contributed by atoms with Crippen molar-refractivity contribution in [2.24, 2.45) is 0 Å². The number of carbonyl (C=O) groups excluding carboxylic acids is 1. The third-order valence-corrected chi connectivity index (χ3v) is 6.32. The summed E-state index contributed by atoms with van der Waals surface area (Å²) in [4.78, 5) is 12.7. The van der Waals surface area contributed by atoms with Crippen molar-refractivity contribution in [3.63, 3.8) is 0 Å². The minimum Gasteiger partial charge on any atom is -0.468 e. The minimum absolute atomic E-state index is 0.0559. The van der Waals surface area contributed by atoms with Crippen LogP contribution in [0.2, 0.25) is 0 Å². The Hall–Kier alpha value is -3.68. The molecule has 0 saturated heterocycles. The third-order valence-electron chi connectivity index (χ3n) is 4.86. The Kier molecular flexibility index (Phi) is 6.49. The average molecular weight is 447 g/mol. The van der Waals surface area contributed by atoms with Crippen LogP contribution in [-0.2, 0) is 21.4 Å². The number of amides is 1. The Morgan fingerprint density at radius 3 is 2.41 bits per heavy atom. The smallest absolute Gasteiger partial charge is 0.239 e. The lowest BCUT2D eigenvalue weighted by Crippen LogP contribution is -2.36. The fraction of sp³-hybridized carbons (Fsp3) is 0.0800. The molecule has 0 radical (unpaired) electrons. The van der Waals surface area contributed by atoms with Crippen molar-refractivity contribution in [1.29, 1.82) is 0 Å². The number of nitrogens with zero attached hydrogens (tertiary/aromatic N) is 1. The quantitative estimate of drug-likeness (QED) is 0.419. The predicted octanol–water partition coefficient (Wildman–Crippen LogP) is 4.87. The van der Waals surface area contributed by atoms with Crippen LogP contribution in [0.3, 0.4) is 0 Å². The van der Waals surface area contributed by atoms with Gasteiger partial charge in [0.25, 0.3) is 0 Å². The lowest BCUT2D eigenvalue weighted by Gasteiger charge is -2.19. The SMILES string of the molecule is O=C(CN(Cc1ccco1)S(=O)(=O)/C=C/c1ccccc1)Nc1ccc2ccccc2c1. The topological polar surface area (TPSA) is 79.6 Å². The van der Waals surface area contributed by atoms with Crippen LogP contribution >= 0.6 is 0 Å². The highest BCUT2D eigenvalue weighted by atomic mass is 32.2. The molecule has 1 amide bonds. The van der Waals surface area contributed by atoms with Crippen molar-refractivity contribution in [1.82, 2.24) is 4.31 Å². The van der Waals surface area contributed by atoms with Gasteiger partial charge in [0.1, 0.15) is 5.76 Å². The van der Waals surface area contributed by atoms with Gasteiger partial charge in [-0.15, -0.1) is 0 Å². The summed E-state index contributed by atoms with van der Waals surface area (Å²) >= 11 is 0. The first kappa shape index (κ1) is 21.5. The van der Waals surface area contributed by atoms with Crippen molar-refractivity contribution in [2.45, 2.75) is 6.54 Å². The Morgan fingerprint density at radius 1 is 0.906 bits per heavy atom. The fourth-order valence-electron chi connectivity index (χ4n) is 3.25. The summed E-state index contributed by atoms with van der Waals surface area (Å²) < 4.78 is 32.4. The lowest BCUT2D eigenvalue weighted by molar-refractivity contribution is -0.116. The number of anilines is 1. The van der Waals surface area contributed by atoms with Gasteiger partial charge in [-0.3, -0.25) is 4.79 Å². The number of fused-ring (bicyclic) bond motifs is 1. The molecule has 0 spiro atoms. The van der Waals surface area contributed by atoms with Crippen LogP contribution in [0.1, 0.15) is 11.3 Å². The molecule has 0 bridgehead atoms. The van der Waals surface area contributed by atoms with E-state index in [2.05, 4.69) is 5.32 Å². The molecule has 0 aliphatic carbocycles. The molecule has 6 nitrogen and oxygen atoms in total. The summed E-state index contributed by atoms with van der Waals surface area (Å²) in [6.07, 6.45) is 2.97. The predicted molar refractivity (Wildman–Crippen MR) is 126 cm³/mol. The van der Waals surface area contributed by atoms with Crippen molar-refractivity contribution < 1.29 is 17.6 Å². The molecule has 0 atom stereocenters. The average Bonchev–Trinajstić information content (AvgIpc) is 3.31. The van der Waals surface area contributed by atoms with Crippen LogP contribution in [-0.4, -0.2) is 25.2 Å². The van der Waals surface area contributed by atoms with Crippen LogP contribution in [0, 0.1) is 0 Å². The van der Waals surface area contributed by atoms with E-state index in [-0.39, 0.29) is 13.1 Å². The molecule has 1 N–H and O–H groups in total. The van der Waals surface area contributed by atoms with Gasteiger partial charge in [-0.2, -0.15) is 4.31 Å². The number of nitrogens with one attached hydrogen (secondary N) is 1. The number of hydrogen-bond donors (Lipinski definition) is 1. The highest BCUT2D eigenvalue weighted by molar-refractivity contribution is 7.92. The van der Waals surface area contributed by atoms with Crippen molar-refractivity contribution in [2.75, 3.05) is 11.9 Å². The summed E-state index contributed by atoms with van der Waals surface area (Å²) in [5, 5.41) is 5.93. The van der Waals surface area contributed by atoms with Crippen LogP contribution in [0.15, 0.2) is 101 Å². The third kappa shape index (κ3) is 5.51. The van der Waals surface area contributed by atoms with E-state index in [4.69, 9.17) is 4.42 Å². The van der Waals surface area contributed by atoms with Crippen LogP contribution in [0.4, 0.5) is 5.69 Å². The number of benzene rings is 3. The maximum atomic E-state index is 13.0. The molecule has 3 aromatic carbocycles. The first-order valence-corrected chi connectivity index (χ1v) is 11.5. The maximum absolute atomic E-state index is 13.0. The lowest BCUT2D eigenvalue weighted by atomic mass is 10.1. The van der Waals surface area contributed by atoms with Crippen LogP contribution < -0.4 is 5.32 Å². The van der Waals surface area contributed by atoms with E-state index < -0.39 is 15.9 Å². The van der Waals surface area contributed by atoms with Gasteiger partial charge in [0.15, 0.2) is 0 Å². The van der Waals surface area contributed by atoms with E-state index in [9.17, 15) is 13.2 Å². The Labute approximate surface area is 186 Å². The van der Waals surface area contributed by atoms with E-state index in [1.807, 2.05) is 54.6 Å². The van der Waals surface area contributed by atoms with E-state index in [1.54, 1.807) is 30.3 Å². The zero-order valence-electron chi connectivity index (χ0n) is 17.2. The zero-order chi connectivity index (χ0) is 22.4. The monoisotopic (exact) mass is 446 g/mol. The largest absolute Gasteiger partial charge is 0.468 e. The fourth-order valence-corrected chi connectivity index (χ4v) is 4.36. The second-order valence-electron chi connectivity index (χ2n) is 7.22. The van der Waals surface area contributed by atoms with Crippen molar-refractivity contribution in [3.8, 4) is 0 Å². The molecule has 0 aliphatic heterocycles.